The second kappa shape index (κ2) is 6.37. The number of aromatic nitrogens is 2. The highest BCUT2D eigenvalue weighted by Crippen LogP contribution is 2.31. The molecule has 23 heavy (non-hydrogen) atoms. The van der Waals surface area contributed by atoms with Gasteiger partial charge >= 0.3 is 0 Å². The lowest BCUT2D eigenvalue weighted by molar-refractivity contribution is -0.384. The minimum absolute atomic E-state index is 0.0929. The van der Waals surface area contributed by atoms with Crippen LogP contribution in [0.5, 0.6) is 0 Å². The number of aryl methyl sites for hydroxylation is 1. The first-order valence-electron chi connectivity index (χ1n) is 7.71. The molecule has 2 unspecified atom stereocenters. The molecule has 1 aromatic heterocycles. The quantitative estimate of drug-likeness (QED) is 0.691. The Labute approximate surface area is 134 Å². The molecule has 3 rings (SSSR count). The van der Waals surface area contributed by atoms with Crippen LogP contribution in [0.4, 0.5) is 11.4 Å². The van der Waals surface area contributed by atoms with Crippen LogP contribution in [-0.4, -0.2) is 32.7 Å². The number of hydrogen-bond donors (Lipinski definition) is 1. The number of rotatable bonds is 4. The highest BCUT2D eigenvalue weighted by Gasteiger charge is 2.29. The van der Waals surface area contributed by atoms with Crippen molar-refractivity contribution in [2.45, 2.75) is 18.9 Å². The van der Waals surface area contributed by atoms with Crippen LogP contribution in [0.2, 0.25) is 0 Å². The van der Waals surface area contributed by atoms with Gasteiger partial charge in [0.2, 0.25) is 0 Å². The molecule has 2 heterocycles. The van der Waals surface area contributed by atoms with E-state index in [2.05, 4.69) is 9.88 Å². The molecule has 1 aromatic carbocycles. The van der Waals surface area contributed by atoms with Crippen molar-refractivity contribution in [1.29, 1.82) is 0 Å². The molecule has 0 amide bonds. The summed E-state index contributed by atoms with van der Waals surface area (Å²) in [5, 5.41) is 21.3. The number of nitro benzene ring substituents is 1. The van der Waals surface area contributed by atoms with E-state index in [0.717, 1.165) is 25.1 Å². The Bertz CT molecular complexity index is 683. The van der Waals surface area contributed by atoms with Gasteiger partial charge in [0.25, 0.3) is 5.69 Å². The maximum absolute atomic E-state index is 10.7. The van der Waals surface area contributed by atoms with Gasteiger partial charge in [-0.3, -0.25) is 10.1 Å². The second-order valence-corrected chi connectivity index (χ2v) is 5.96. The van der Waals surface area contributed by atoms with Crippen molar-refractivity contribution in [3.05, 3.63) is 52.6 Å². The molecule has 2 aromatic rings. The molecular formula is C16H20N4O3. The van der Waals surface area contributed by atoms with Crippen molar-refractivity contribution in [1.82, 2.24) is 9.55 Å². The van der Waals surface area contributed by atoms with E-state index in [1.165, 1.54) is 12.1 Å². The zero-order chi connectivity index (χ0) is 16.4. The van der Waals surface area contributed by atoms with E-state index in [1.807, 2.05) is 17.8 Å². The van der Waals surface area contributed by atoms with Crippen molar-refractivity contribution < 1.29 is 10.0 Å². The first kappa shape index (κ1) is 15.5. The van der Waals surface area contributed by atoms with Crippen LogP contribution in [-0.2, 0) is 7.05 Å². The van der Waals surface area contributed by atoms with Crippen molar-refractivity contribution in [3.63, 3.8) is 0 Å². The van der Waals surface area contributed by atoms with Crippen LogP contribution in [0.3, 0.4) is 0 Å². The molecule has 1 N–H and O–H groups in total. The third-order valence-corrected chi connectivity index (χ3v) is 4.45. The summed E-state index contributed by atoms with van der Waals surface area (Å²) in [4.78, 5) is 16.8. The zero-order valence-corrected chi connectivity index (χ0v) is 13.0. The van der Waals surface area contributed by atoms with Crippen molar-refractivity contribution >= 4 is 11.4 Å². The largest absolute Gasteiger partial charge is 0.385 e. The van der Waals surface area contributed by atoms with Crippen LogP contribution >= 0.6 is 0 Å². The number of nitro groups is 1. The maximum Gasteiger partial charge on any atom is 0.269 e. The van der Waals surface area contributed by atoms with Gasteiger partial charge in [0, 0.05) is 56.3 Å². The Hall–Kier alpha value is -2.41. The number of aliphatic hydroxyl groups excluding tert-OH is 1. The third-order valence-electron chi connectivity index (χ3n) is 4.45. The van der Waals surface area contributed by atoms with E-state index >= 15 is 0 Å². The second-order valence-electron chi connectivity index (χ2n) is 5.96. The van der Waals surface area contributed by atoms with Crippen LogP contribution in [0.25, 0.3) is 0 Å². The van der Waals surface area contributed by atoms with E-state index in [-0.39, 0.29) is 11.6 Å². The molecule has 0 spiro atoms. The van der Waals surface area contributed by atoms with Crippen molar-refractivity contribution in [2.75, 3.05) is 18.0 Å². The average Bonchev–Trinajstić information content (AvgIpc) is 3.00. The highest BCUT2D eigenvalue weighted by atomic mass is 16.6. The molecule has 0 aliphatic carbocycles. The zero-order valence-electron chi connectivity index (χ0n) is 13.0. The Balaban J connectivity index is 1.73. The molecule has 0 bridgehead atoms. The average molecular weight is 316 g/mol. The molecule has 1 aliphatic heterocycles. The van der Waals surface area contributed by atoms with Gasteiger partial charge in [-0.1, -0.05) is 0 Å². The summed E-state index contributed by atoms with van der Waals surface area (Å²) in [6, 6.07) is 6.59. The standard InChI is InChI=1S/C16H20N4O3/c1-18-10-8-17-16(18)15(21)12-3-2-9-19(11-12)13-4-6-14(7-5-13)20(22)23/h4-8,10,12,15,21H,2-3,9,11H2,1H3. The number of piperidine rings is 1. The Morgan fingerprint density at radius 2 is 2.13 bits per heavy atom. The topological polar surface area (TPSA) is 84.4 Å². The number of hydrogen-bond acceptors (Lipinski definition) is 5. The van der Waals surface area contributed by atoms with E-state index in [9.17, 15) is 15.2 Å². The summed E-state index contributed by atoms with van der Waals surface area (Å²) in [6.07, 6.45) is 4.84. The van der Waals surface area contributed by atoms with E-state index in [1.54, 1.807) is 18.3 Å². The normalized spacial score (nSPS) is 19.6. The predicted molar refractivity (Wildman–Crippen MR) is 86.2 cm³/mol. The van der Waals surface area contributed by atoms with E-state index in [4.69, 9.17) is 0 Å². The summed E-state index contributed by atoms with van der Waals surface area (Å²) < 4.78 is 1.84. The number of benzene rings is 1. The van der Waals surface area contributed by atoms with Crippen LogP contribution in [0, 0.1) is 16.0 Å². The molecule has 0 radical (unpaired) electrons. The molecular weight excluding hydrogens is 296 g/mol. The molecule has 1 saturated heterocycles. The molecule has 122 valence electrons. The van der Waals surface area contributed by atoms with Gasteiger partial charge < -0.3 is 14.6 Å². The van der Waals surface area contributed by atoms with Gasteiger partial charge in [-0.05, 0) is 25.0 Å². The van der Waals surface area contributed by atoms with Gasteiger partial charge in [-0.15, -0.1) is 0 Å². The monoisotopic (exact) mass is 316 g/mol. The van der Waals surface area contributed by atoms with Gasteiger partial charge in [0.1, 0.15) is 11.9 Å². The highest BCUT2D eigenvalue weighted by molar-refractivity contribution is 5.51. The summed E-state index contributed by atoms with van der Waals surface area (Å²) in [5.41, 5.74) is 1.04. The van der Waals surface area contributed by atoms with Crippen LogP contribution in [0.1, 0.15) is 24.8 Å². The first-order valence-corrected chi connectivity index (χ1v) is 7.71. The number of imidazole rings is 1. The number of anilines is 1. The first-order chi connectivity index (χ1) is 11.1. The van der Waals surface area contributed by atoms with E-state index < -0.39 is 11.0 Å². The van der Waals surface area contributed by atoms with Gasteiger partial charge in [-0.25, -0.2) is 4.98 Å². The maximum atomic E-state index is 10.7. The van der Waals surface area contributed by atoms with Crippen LogP contribution in [0.15, 0.2) is 36.7 Å². The van der Waals surface area contributed by atoms with Gasteiger partial charge in [0.15, 0.2) is 0 Å². The summed E-state index contributed by atoms with van der Waals surface area (Å²) in [7, 11) is 1.88. The predicted octanol–water partition coefficient (Wildman–Crippen LogP) is 2.28. The fourth-order valence-electron chi connectivity index (χ4n) is 3.16. The minimum atomic E-state index is -0.601. The molecule has 1 fully saturated rings. The molecule has 0 saturated carbocycles. The third kappa shape index (κ3) is 3.19. The Morgan fingerprint density at radius 3 is 2.74 bits per heavy atom. The lowest BCUT2D eigenvalue weighted by atomic mass is 9.91. The number of nitrogens with zero attached hydrogens (tertiary/aromatic N) is 4. The SMILES string of the molecule is Cn1ccnc1C(O)C1CCCN(c2ccc([N+](=O)[O-])cc2)C1. The lowest BCUT2D eigenvalue weighted by Crippen LogP contribution is -2.38. The Morgan fingerprint density at radius 1 is 1.39 bits per heavy atom. The summed E-state index contributed by atoms with van der Waals surface area (Å²) in [6.45, 7) is 1.60. The number of aliphatic hydroxyl groups is 1. The summed E-state index contributed by atoms with van der Waals surface area (Å²) in [5.74, 6) is 0.778. The minimum Gasteiger partial charge on any atom is -0.385 e. The van der Waals surface area contributed by atoms with E-state index in [0.29, 0.717) is 12.4 Å². The van der Waals surface area contributed by atoms with Gasteiger partial charge in [0.05, 0.1) is 4.92 Å². The molecule has 2 atom stereocenters. The fourth-order valence-corrected chi connectivity index (χ4v) is 3.16. The number of non-ortho nitro benzene ring substituents is 1. The van der Waals surface area contributed by atoms with Crippen LogP contribution < -0.4 is 4.90 Å². The molecule has 1 aliphatic rings. The smallest absolute Gasteiger partial charge is 0.269 e. The lowest BCUT2D eigenvalue weighted by Gasteiger charge is -2.36. The molecule has 7 nitrogen and oxygen atoms in total. The summed E-state index contributed by atoms with van der Waals surface area (Å²) >= 11 is 0. The van der Waals surface area contributed by atoms with Gasteiger partial charge in [-0.2, -0.15) is 0 Å². The fraction of sp³-hybridized carbons (Fsp3) is 0.438. The van der Waals surface area contributed by atoms with Crippen molar-refractivity contribution in [2.24, 2.45) is 13.0 Å². The Kier molecular flexibility index (Phi) is 4.29. The molecule has 7 heteroatoms. The van der Waals surface area contributed by atoms with Crippen molar-refractivity contribution in [3.8, 4) is 0 Å².